The molecule has 1 atom stereocenters. The molecule has 0 aliphatic carbocycles. The maximum Gasteiger partial charge on any atom is 0.237 e. The second kappa shape index (κ2) is 5.48. The summed E-state index contributed by atoms with van der Waals surface area (Å²) >= 11 is 0. The van der Waals surface area contributed by atoms with Crippen molar-refractivity contribution >= 4 is 16.9 Å². The molecule has 0 saturated carbocycles. The maximum atomic E-state index is 13.2. The number of nitrogens with two attached hydrogens (primary N) is 1. The lowest BCUT2D eigenvalue weighted by Crippen LogP contribution is -2.48. The highest BCUT2D eigenvalue weighted by Gasteiger charge is 2.27. The predicted octanol–water partition coefficient (Wildman–Crippen LogP) is 2.87. The van der Waals surface area contributed by atoms with Crippen molar-refractivity contribution in [3.63, 3.8) is 0 Å². The van der Waals surface area contributed by atoms with E-state index in [9.17, 15) is 9.18 Å². The van der Waals surface area contributed by atoms with Crippen molar-refractivity contribution in [3.8, 4) is 0 Å². The van der Waals surface area contributed by atoms with E-state index in [4.69, 9.17) is 10.2 Å². The third-order valence-electron chi connectivity index (χ3n) is 3.64. The van der Waals surface area contributed by atoms with Crippen molar-refractivity contribution in [3.05, 3.63) is 35.3 Å². The van der Waals surface area contributed by atoms with Crippen LogP contribution in [0.25, 0.3) is 11.0 Å². The summed E-state index contributed by atoms with van der Waals surface area (Å²) in [5.74, 6) is 0.0790. The highest BCUT2D eigenvalue weighted by atomic mass is 19.1. The monoisotopic (exact) mass is 292 g/mol. The van der Waals surface area contributed by atoms with E-state index in [2.05, 4.69) is 5.32 Å². The SMILES string of the molecule is Cc1c(CNC(=O)[C@@H](N)C(C)(C)C)oc2ccc(F)cc12. The molecule has 114 valence electrons. The Morgan fingerprint density at radius 1 is 1.43 bits per heavy atom. The largest absolute Gasteiger partial charge is 0.459 e. The number of carbonyl (C=O) groups is 1. The van der Waals surface area contributed by atoms with Gasteiger partial charge in [-0.15, -0.1) is 0 Å². The summed E-state index contributed by atoms with van der Waals surface area (Å²) in [6, 6.07) is 3.77. The molecule has 2 aromatic rings. The Bertz CT molecular complexity index is 671. The van der Waals surface area contributed by atoms with E-state index in [0.717, 1.165) is 10.9 Å². The van der Waals surface area contributed by atoms with Crippen LogP contribution in [-0.2, 0) is 11.3 Å². The van der Waals surface area contributed by atoms with Gasteiger partial charge in [0.15, 0.2) is 0 Å². The summed E-state index contributed by atoms with van der Waals surface area (Å²) < 4.78 is 18.9. The number of hydrogen-bond donors (Lipinski definition) is 2. The van der Waals surface area contributed by atoms with Crippen LogP contribution in [0, 0.1) is 18.2 Å². The standard InChI is InChI=1S/C16H21FN2O2/c1-9-11-7-10(17)5-6-12(11)21-13(9)8-19-15(20)14(18)16(2,3)4/h5-7,14H,8,18H2,1-4H3,(H,19,20)/t14-/m1/s1. The first-order valence-corrected chi connectivity index (χ1v) is 6.91. The zero-order valence-corrected chi connectivity index (χ0v) is 12.8. The van der Waals surface area contributed by atoms with E-state index < -0.39 is 6.04 Å². The molecule has 0 bridgehead atoms. The lowest BCUT2D eigenvalue weighted by molar-refractivity contribution is -0.124. The van der Waals surface area contributed by atoms with Gasteiger partial charge in [-0.2, -0.15) is 0 Å². The first-order chi connectivity index (χ1) is 9.70. The molecular formula is C16H21FN2O2. The fraction of sp³-hybridized carbons (Fsp3) is 0.438. The summed E-state index contributed by atoms with van der Waals surface area (Å²) in [4.78, 5) is 12.0. The fourth-order valence-electron chi connectivity index (χ4n) is 2.08. The molecule has 4 nitrogen and oxygen atoms in total. The summed E-state index contributed by atoms with van der Waals surface area (Å²) in [5, 5.41) is 3.49. The van der Waals surface area contributed by atoms with Gasteiger partial charge in [0.25, 0.3) is 0 Å². The highest BCUT2D eigenvalue weighted by molar-refractivity contribution is 5.84. The predicted molar refractivity (Wildman–Crippen MR) is 80.2 cm³/mol. The number of nitrogens with one attached hydrogen (secondary N) is 1. The molecule has 3 N–H and O–H groups in total. The van der Waals surface area contributed by atoms with Gasteiger partial charge in [-0.05, 0) is 30.5 Å². The molecule has 0 unspecified atom stereocenters. The number of furan rings is 1. The van der Waals surface area contributed by atoms with Crippen molar-refractivity contribution in [2.24, 2.45) is 11.1 Å². The van der Waals surface area contributed by atoms with Gasteiger partial charge < -0.3 is 15.5 Å². The molecule has 1 aromatic carbocycles. The zero-order valence-electron chi connectivity index (χ0n) is 12.8. The molecule has 0 radical (unpaired) electrons. The van der Waals surface area contributed by atoms with Crippen LogP contribution < -0.4 is 11.1 Å². The van der Waals surface area contributed by atoms with Gasteiger partial charge in [-0.25, -0.2) is 4.39 Å². The van der Waals surface area contributed by atoms with Crippen LogP contribution in [0.4, 0.5) is 4.39 Å². The van der Waals surface area contributed by atoms with E-state index >= 15 is 0 Å². The van der Waals surface area contributed by atoms with Crippen LogP contribution in [0.5, 0.6) is 0 Å². The van der Waals surface area contributed by atoms with Gasteiger partial charge in [-0.3, -0.25) is 4.79 Å². The van der Waals surface area contributed by atoms with Gasteiger partial charge in [0, 0.05) is 10.9 Å². The summed E-state index contributed by atoms with van der Waals surface area (Å²) in [6.07, 6.45) is 0. The van der Waals surface area contributed by atoms with Gasteiger partial charge in [0.2, 0.25) is 5.91 Å². The van der Waals surface area contributed by atoms with Crippen LogP contribution >= 0.6 is 0 Å². The average Bonchev–Trinajstić information content (AvgIpc) is 2.71. The van der Waals surface area contributed by atoms with Crippen LogP contribution in [0.2, 0.25) is 0 Å². The highest BCUT2D eigenvalue weighted by Crippen LogP contribution is 2.26. The van der Waals surface area contributed by atoms with Crippen LogP contribution in [-0.4, -0.2) is 11.9 Å². The van der Waals surface area contributed by atoms with E-state index in [-0.39, 0.29) is 23.7 Å². The van der Waals surface area contributed by atoms with E-state index in [0.29, 0.717) is 11.3 Å². The fourth-order valence-corrected chi connectivity index (χ4v) is 2.08. The second-order valence-corrected chi connectivity index (χ2v) is 6.35. The molecule has 21 heavy (non-hydrogen) atoms. The Hall–Kier alpha value is -1.88. The number of aryl methyl sites for hydroxylation is 1. The Kier molecular flexibility index (Phi) is 4.05. The van der Waals surface area contributed by atoms with Crippen molar-refractivity contribution in [1.29, 1.82) is 0 Å². The number of hydrogen-bond acceptors (Lipinski definition) is 3. The minimum atomic E-state index is -0.598. The molecule has 0 aliphatic rings. The summed E-state index contributed by atoms with van der Waals surface area (Å²) in [5.41, 5.74) is 7.03. The van der Waals surface area contributed by atoms with Crippen LogP contribution in [0.1, 0.15) is 32.1 Å². The average molecular weight is 292 g/mol. The molecule has 5 heteroatoms. The lowest BCUT2D eigenvalue weighted by Gasteiger charge is -2.25. The lowest BCUT2D eigenvalue weighted by atomic mass is 9.87. The molecule has 0 fully saturated rings. The van der Waals surface area contributed by atoms with Crippen molar-refractivity contribution in [1.82, 2.24) is 5.32 Å². The van der Waals surface area contributed by atoms with Crippen molar-refractivity contribution < 1.29 is 13.6 Å². The van der Waals surface area contributed by atoms with E-state index in [1.54, 1.807) is 6.07 Å². The number of rotatable bonds is 3. The minimum absolute atomic E-state index is 0.228. The van der Waals surface area contributed by atoms with E-state index in [1.165, 1.54) is 12.1 Å². The Morgan fingerprint density at radius 2 is 2.10 bits per heavy atom. The van der Waals surface area contributed by atoms with Gasteiger partial charge in [-0.1, -0.05) is 20.8 Å². The molecule has 0 saturated heterocycles. The maximum absolute atomic E-state index is 13.2. The third kappa shape index (κ3) is 3.24. The molecule has 1 heterocycles. The molecule has 0 spiro atoms. The van der Waals surface area contributed by atoms with Gasteiger partial charge in [0.1, 0.15) is 17.2 Å². The van der Waals surface area contributed by atoms with Crippen LogP contribution in [0.15, 0.2) is 22.6 Å². The third-order valence-corrected chi connectivity index (χ3v) is 3.64. The Labute approximate surface area is 123 Å². The molecule has 0 aliphatic heterocycles. The summed E-state index contributed by atoms with van der Waals surface area (Å²) in [6.45, 7) is 7.81. The number of benzene rings is 1. The van der Waals surface area contributed by atoms with Crippen LogP contribution in [0.3, 0.4) is 0 Å². The Balaban J connectivity index is 2.14. The molecular weight excluding hydrogens is 271 g/mol. The van der Waals surface area contributed by atoms with Crippen molar-refractivity contribution in [2.45, 2.75) is 40.3 Å². The first kappa shape index (κ1) is 15.5. The van der Waals surface area contributed by atoms with Gasteiger partial charge in [0.05, 0.1) is 12.6 Å². The first-order valence-electron chi connectivity index (χ1n) is 6.91. The molecule has 1 amide bonds. The van der Waals surface area contributed by atoms with Crippen molar-refractivity contribution in [2.75, 3.05) is 0 Å². The summed E-state index contributed by atoms with van der Waals surface area (Å²) in [7, 11) is 0. The van der Waals surface area contributed by atoms with E-state index in [1.807, 2.05) is 27.7 Å². The molecule has 2 rings (SSSR count). The molecule has 1 aromatic heterocycles. The number of fused-ring (bicyclic) bond motifs is 1. The van der Waals surface area contributed by atoms with Gasteiger partial charge >= 0.3 is 0 Å². The number of carbonyl (C=O) groups excluding carboxylic acids is 1. The second-order valence-electron chi connectivity index (χ2n) is 6.35. The zero-order chi connectivity index (χ0) is 15.8. The quantitative estimate of drug-likeness (QED) is 0.914. The Morgan fingerprint density at radius 3 is 2.71 bits per heavy atom. The number of amides is 1. The topological polar surface area (TPSA) is 68.3 Å². The normalized spacial score (nSPS) is 13.4. The minimum Gasteiger partial charge on any atom is -0.459 e. The smallest absolute Gasteiger partial charge is 0.237 e. The number of halogens is 1.